The van der Waals surface area contributed by atoms with Crippen LogP contribution in [-0.2, 0) is 11.3 Å². The van der Waals surface area contributed by atoms with Crippen LogP contribution in [0.1, 0.15) is 18.4 Å². The monoisotopic (exact) mass is 331 g/mol. The molecule has 1 aromatic rings. The number of nitrogens with one attached hydrogen (secondary N) is 1. The van der Waals surface area contributed by atoms with Gasteiger partial charge < -0.3 is 16.2 Å². The molecule has 0 spiro atoms. The Balaban J connectivity index is 0.00000242. The highest BCUT2D eigenvalue weighted by Crippen LogP contribution is 2.21. The van der Waals surface area contributed by atoms with Gasteiger partial charge in [-0.05, 0) is 37.1 Å². The van der Waals surface area contributed by atoms with Crippen molar-refractivity contribution in [2.45, 2.75) is 19.4 Å². The second-order valence-corrected chi connectivity index (χ2v) is 5.47. The Morgan fingerprint density at radius 1 is 1.45 bits per heavy atom. The first kappa shape index (κ1) is 18.7. The van der Waals surface area contributed by atoms with Crippen LogP contribution in [-0.4, -0.2) is 42.1 Å². The molecule has 1 fully saturated rings. The number of carbonyl (C=O) groups excluding carboxylic acids is 1. The number of aromatic hydroxyl groups is 1. The Kier molecular flexibility index (Phi) is 7.58. The first-order chi connectivity index (χ1) is 10.1. The van der Waals surface area contributed by atoms with E-state index >= 15 is 0 Å². The average Bonchev–Trinajstić information content (AvgIpc) is 2.44. The summed E-state index contributed by atoms with van der Waals surface area (Å²) in [6, 6.07) is 4.06. The van der Waals surface area contributed by atoms with Gasteiger partial charge in [0.2, 0.25) is 5.91 Å². The highest BCUT2D eigenvalue weighted by atomic mass is 35.5. The number of amides is 1. The quantitative estimate of drug-likeness (QED) is 0.758. The minimum Gasteiger partial charge on any atom is -0.508 e. The molecule has 1 heterocycles. The number of rotatable bonds is 5. The molecule has 7 heteroatoms. The number of nitrogens with zero attached hydrogens (tertiary/aromatic N) is 1. The molecule has 0 aliphatic carbocycles. The highest BCUT2D eigenvalue weighted by Gasteiger charge is 2.25. The van der Waals surface area contributed by atoms with Crippen LogP contribution in [0.15, 0.2) is 18.2 Å². The number of phenols is 1. The molecule has 1 aromatic carbocycles. The lowest BCUT2D eigenvalue weighted by Crippen LogP contribution is -2.43. The summed E-state index contributed by atoms with van der Waals surface area (Å²) in [5.41, 5.74) is 6.10. The number of hydrogen-bond donors (Lipinski definition) is 3. The van der Waals surface area contributed by atoms with Crippen LogP contribution in [0.2, 0.25) is 0 Å². The predicted molar refractivity (Wildman–Crippen MR) is 85.4 cm³/mol. The first-order valence-corrected chi connectivity index (χ1v) is 7.27. The van der Waals surface area contributed by atoms with Gasteiger partial charge >= 0.3 is 0 Å². The molecule has 1 unspecified atom stereocenters. The molecule has 1 saturated heterocycles. The second-order valence-electron chi connectivity index (χ2n) is 5.47. The van der Waals surface area contributed by atoms with Gasteiger partial charge in [0, 0.05) is 32.2 Å². The zero-order valence-corrected chi connectivity index (χ0v) is 13.2. The molecule has 0 saturated carbocycles. The molecule has 4 N–H and O–H groups in total. The molecule has 0 aromatic heterocycles. The maximum Gasteiger partial charge on any atom is 0.224 e. The number of phenolic OH excluding ortho intramolecular Hbond substituents is 1. The van der Waals surface area contributed by atoms with Gasteiger partial charge in [0.15, 0.2) is 0 Å². The van der Waals surface area contributed by atoms with Gasteiger partial charge in [-0.25, -0.2) is 4.39 Å². The van der Waals surface area contributed by atoms with Crippen LogP contribution in [0.4, 0.5) is 4.39 Å². The van der Waals surface area contributed by atoms with Crippen LogP contribution < -0.4 is 11.1 Å². The number of hydrogen-bond acceptors (Lipinski definition) is 4. The van der Waals surface area contributed by atoms with Crippen molar-refractivity contribution in [3.63, 3.8) is 0 Å². The zero-order valence-electron chi connectivity index (χ0n) is 12.4. The van der Waals surface area contributed by atoms with Gasteiger partial charge in [0.1, 0.15) is 11.6 Å². The van der Waals surface area contributed by atoms with E-state index < -0.39 is 5.82 Å². The fourth-order valence-corrected chi connectivity index (χ4v) is 2.74. The lowest BCUT2D eigenvalue weighted by molar-refractivity contribution is -0.126. The van der Waals surface area contributed by atoms with Gasteiger partial charge in [-0.1, -0.05) is 0 Å². The fraction of sp³-hybridized carbons (Fsp3) is 0.533. The van der Waals surface area contributed by atoms with Crippen molar-refractivity contribution < 1.29 is 14.3 Å². The second kappa shape index (κ2) is 8.92. The van der Waals surface area contributed by atoms with Crippen molar-refractivity contribution in [1.29, 1.82) is 0 Å². The molecule has 1 atom stereocenters. The maximum absolute atomic E-state index is 13.3. The Bertz CT molecular complexity index is 481. The Morgan fingerprint density at radius 3 is 2.91 bits per heavy atom. The average molecular weight is 332 g/mol. The number of halogens is 2. The third-order valence-electron chi connectivity index (χ3n) is 3.67. The Morgan fingerprint density at radius 2 is 2.23 bits per heavy atom. The van der Waals surface area contributed by atoms with E-state index in [2.05, 4.69) is 10.2 Å². The summed E-state index contributed by atoms with van der Waals surface area (Å²) in [6.45, 7) is 2.98. The minimum absolute atomic E-state index is 0. The molecule has 2 rings (SSSR count). The van der Waals surface area contributed by atoms with Gasteiger partial charge in [0.25, 0.3) is 0 Å². The van der Waals surface area contributed by atoms with E-state index in [0.29, 0.717) is 26.2 Å². The van der Waals surface area contributed by atoms with Crippen LogP contribution in [0, 0.1) is 11.7 Å². The molecule has 124 valence electrons. The highest BCUT2D eigenvalue weighted by molar-refractivity contribution is 5.85. The number of carbonyl (C=O) groups is 1. The molecule has 1 amide bonds. The van der Waals surface area contributed by atoms with Crippen molar-refractivity contribution in [3.05, 3.63) is 29.6 Å². The minimum atomic E-state index is -0.445. The van der Waals surface area contributed by atoms with E-state index in [1.807, 2.05) is 0 Å². The van der Waals surface area contributed by atoms with E-state index in [4.69, 9.17) is 5.73 Å². The Hall–Kier alpha value is -1.37. The smallest absolute Gasteiger partial charge is 0.224 e. The van der Waals surface area contributed by atoms with E-state index in [0.717, 1.165) is 31.0 Å². The number of piperidine rings is 1. The van der Waals surface area contributed by atoms with Crippen LogP contribution in [0.5, 0.6) is 5.75 Å². The predicted octanol–water partition coefficient (Wildman–Crippen LogP) is 1.24. The van der Waals surface area contributed by atoms with Gasteiger partial charge in [0.05, 0.1) is 5.92 Å². The van der Waals surface area contributed by atoms with Crippen molar-refractivity contribution in [2.75, 3.05) is 26.2 Å². The Labute approximate surface area is 136 Å². The number of likely N-dealkylation sites (tertiary alicyclic amines) is 1. The molecule has 5 nitrogen and oxygen atoms in total. The largest absolute Gasteiger partial charge is 0.508 e. The molecule has 1 aliphatic heterocycles. The summed E-state index contributed by atoms with van der Waals surface area (Å²) in [6.07, 6.45) is 1.79. The molecular formula is C15H23ClFN3O2. The number of benzene rings is 1. The summed E-state index contributed by atoms with van der Waals surface area (Å²) in [7, 11) is 0. The first-order valence-electron chi connectivity index (χ1n) is 7.27. The van der Waals surface area contributed by atoms with Crippen molar-refractivity contribution in [3.8, 4) is 5.75 Å². The summed E-state index contributed by atoms with van der Waals surface area (Å²) in [5, 5.41) is 12.2. The van der Waals surface area contributed by atoms with E-state index in [1.165, 1.54) is 6.07 Å². The SMILES string of the molecule is Cl.NCCNC(=O)C1CCCN(Cc2cc(O)cc(F)c2)C1. The van der Waals surface area contributed by atoms with E-state index in [9.17, 15) is 14.3 Å². The summed E-state index contributed by atoms with van der Waals surface area (Å²) >= 11 is 0. The van der Waals surface area contributed by atoms with Crippen LogP contribution in [0.25, 0.3) is 0 Å². The molecule has 22 heavy (non-hydrogen) atoms. The fourth-order valence-electron chi connectivity index (χ4n) is 2.74. The van der Waals surface area contributed by atoms with Crippen LogP contribution >= 0.6 is 12.4 Å². The zero-order chi connectivity index (χ0) is 15.2. The van der Waals surface area contributed by atoms with Crippen molar-refractivity contribution >= 4 is 18.3 Å². The van der Waals surface area contributed by atoms with Crippen molar-refractivity contribution in [2.24, 2.45) is 11.7 Å². The molecule has 0 bridgehead atoms. The van der Waals surface area contributed by atoms with E-state index in [-0.39, 0.29) is 30.0 Å². The maximum atomic E-state index is 13.3. The third-order valence-corrected chi connectivity index (χ3v) is 3.67. The van der Waals surface area contributed by atoms with E-state index in [1.54, 1.807) is 6.07 Å². The lowest BCUT2D eigenvalue weighted by atomic mass is 9.96. The summed E-state index contributed by atoms with van der Waals surface area (Å²) in [5.74, 6) is -0.529. The number of nitrogens with two attached hydrogens (primary N) is 1. The normalized spacial score (nSPS) is 18.5. The van der Waals surface area contributed by atoms with Gasteiger partial charge in [-0.2, -0.15) is 0 Å². The lowest BCUT2D eigenvalue weighted by Gasteiger charge is -2.32. The molecular weight excluding hydrogens is 309 g/mol. The summed E-state index contributed by atoms with van der Waals surface area (Å²) in [4.78, 5) is 14.1. The molecule has 1 aliphatic rings. The van der Waals surface area contributed by atoms with Crippen LogP contribution in [0.3, 0.4) is 0 Å². The third kappa shape index (κ3) is 5.44. The van der Waals surface area contributed by atoms with Crippen molar-refractivity contribution in [1.82, 2.24) is 10.2 Å². The van der Waals surface area contributed by atoms with Gasteiger partial charge in [-0.3, -0.25) is 9.69 Å². The molecule has 0 radical (unpaired) electrons. The van der Waals surface area contributed by atoms with Gasteiger partial charge in [-0.15, -0.1) is 12.4 Å². The topological polar surface area (TPSA) is 78.6 Å². The summed E-state index contributed by atoms with van der Waals surface area (Å²) < 4.78 is 13.3. The standard InChI is InChI=1S/C15H22FN3O2.ClH/c16-13-6-11(7-14(20)8-13)9-19-5-1-2-12(10-19)15(21)18-4-3-17;/h6-8,12,20H,1-5,9-10,17H2,(H,18,21);1H.